The van der Waals surface area contributed by atoms with Crippen molar-refractivity contribution in [3.8, 4) is 5.75 Å². The summed E-state index contributed by atoms with van der Waals surface area (Å²) in [4.78, 5) is 14.0. The summed E-state index contributed by atoms with van der Waals surface area (Å²) in [7, 11) is 0. The number of carboxylic acid groups (broad SMARTS) is 1. The highest BCUT2D eigenvalue weighted by Gasteiger charge is 2.34. The highest BCUT2D eigenvalue weighted by Crippen LogP contribution is 2.33. The lowest BCUT2D eigenvalue weighted by atomic mass is 10.1. The van der Waals surface area contributed by atoms with Gasteiger partial charge in [0.15, 0.2) is 0 Å². The summed E-state index contributed by atoms with van der Waals surface area (Å²) >= 11 is 2.87. The van der Waals surface area contributed by atoms with Crippen LogP contribution in [0.3, 0.4) is 0 Å². The van der Waals surface area contributed by atoms with Gasteiger partial charge in [-0.05, 0) is 0 Å². The molecule has 20 heavy (non-hydrogen) atoms. The van der Waals surface area contributed by atoms with Crippen LogP contribution in [0.4, 0.5) is 22.0 Å². The van der Waals surface area contributed by atoms with E-state index in [0.717, 1.165) is 6.07 Å². The summed E-state index contributed by atoms with van der Waals surface area (Å²) in [6, 6.07) is 0.770. The van der Waals surface area contributed by atoms with Crippen LogP contribution in [-0.2, 0) is 16.5 Å². The second-order valence-corrected chi connectivity index (χ2v) is 4.09. The van der Waals surface area contributed by atoms with Gasteiger partial charge < -0.3 is 9.84 Å². The van der Waals surface area contributed by atoms with Gasteiger partial charge in [0.1, 0.15) is 11.4 Å². The molecule has 0 aliphatic heterocycles. The van der Waals surface area contributed by atoms with Crippen molar-refractivity contribution in [3.05, 3.63) is 23.0 Å². The molecule has 0 unspecified atom stereocenters. The predicted octanol–water partition coefficient (Wildman–Crippen LogP) is 3.44. The van der Waals surface area contributed by atoms with Gasteiger partial charge in [0.2, 0.25) is 0 Å². The zero-order valence-corrected chi connectivity index (χ0v) is 11.1. The number of rotatable bonds is 5. The molecular formula is C10H7BrF5NO3. The molecule has 1 rings (SSSR count). The monoisotopic (exact) mass is 363 g/mol. The third-order valence-electron chi connectivity index (χ3n) is 2.07. The summed E-state index contributed by atoms with van der Waals surface area (Å²) in [5.74, 6) is -2.56. The highest BCUT2D eigenvalue weighted by molar-refractivity contribution is 9.08. The quantitative estimate of drug-likeness (QED) is 0.643. The standard InChI is InChI=1S/C10H7BrF5NO3/c11-3-4-1-6(20-10(14,15)16)5(2-7(18)19)8(17-4)9(12)13/h1,9H,2-3H2,(H,18,19). The average molecular weight is 364 g/mol. The number of aliphatic carboxylic acids is 1. The van der Waals surface area contributed by atoms with E-state index in [1.165, 1.54) is 0 Å². The molecule has 0 aliphatic rings. The van der Waals surface area contributed by atoms with Crippen LogP contribution in [0.25, 0.3) is 0 Å². The molecule has 0 amide bonds. The largest absolute Gasteiger partial charge is 0.573 e. The van der Waals surface area contributed by atoms with Crippen LogP contribution in [0.2, 0.25) is 0 Å². The molecule has 1 aromatic rings. The van der Waals surface area contributed by atoms with E-state index in [0.29, 0.717) is 0 Å². The number of carboxylic acids is 1. The molecular weight excluding hydrogens is 357 g/mol. The lowest BCUT2D eigenvalue weighted by Crippen LogP contribution is -2.20. The van der Waals surface area contributed by atoms with E-state index in [-0.39, 0.29) is 11.0 Å². The smallest absolute Gasteiger partial charge is 0.481 e. The number of aromatic nitrogens is 1. The highest BCUT2D eigenvalue weighted by atomic mass is 79.9. The van der Waals surface area contributed by atoms with Gasteiger partial charge >= 0.3 is 12.3 Å². The van der Waals surface area contributed by atoms with E-state index >= 15 is 0 Å². The van der Waals surface area contributed by atoms with Crippen LogP contribution in [0, 0.1) is 0 Å². The van der Waals surface area contributed by atoms with Crippen LogP contribution in [0.15, 0.2) is 6.07 Å². The van der Waals surface area contributed by atoms with Gasteiger partial charge in [-0.25, -0.2) is 8.78 Å². The van der Waals surface area contributed by atoms with Gasteiger partial charge in [0.25, 0.3) is 6.43 Å². The van der Waals surface area contributed by atoms with E-state index in [2.05, 4.69) is 25.7 Å². The molecule has 0 saturated heterocycles. The van der Waals surface area contributed by atoms with Crippen LogP contribution in [0.5, 0.6) is 5.75 Å². The minimum Gasteiger partial charge on any atom is -0.481 e. The Morgan fingerprint density at radius 1 is 1.45 bits per heavy atom. The number of ether oxygens (including phenoxy) is 1. The van der Waals surface area contributed by atoms with Crippen LogP contribution in [0.1, 0.15) is 23.4 Å². The first kappa shape index (κ1) is 16.6. The maximum absolute atomic E-state index is 12.8. The van der Waals surface area contributed by atoms with Crippen molar-refractivity contribution in [1.29, 1.82) is 0 Å². The maximum atomic E-state index is 12.8. The Morgan fingerprint density at radius 3 is 2.45 bits per heavy atom. The fourth-order valence-corrected chi connectivity index (χ4v) is 1.70. The molecule has 112 valence electrons. The molecule has 0 aliphatic carbocycles. The van der Waals surface area contributed by atoms with Gasteiger partial charge in [-0.2, -0.15) is 0 Å². The SMILES string of the molecule is O=C(O)Cc1c(OC(F)(F)F)cc(CBr)nc1C(F)F. The van der Waals surface area contributed by atoms with Crippen molar-refractivity contribution < 1.29 is 36.6 Å². The molecule has 0 bridgehead atoms. The zero-order chi connectivity index (χ0) is 15.5. The molecule has 1 aromatic heterocycles. The number of hydrogen-bond donors (Lipinski definition) is 1. The summed E-state index contributed by atoms with van der Waals surface area (Å²) in [5, 5.41) is 8.51. The van der Waals surface area contributed by atoms with Crippen molar-refractivity contribution in [2.24, 2.45) is 0 Å². The van der Waals surface area contributed by atoms with E-state index in [1.807, 2.05) is 0 Å². The van der Waals surface area contributed by atoms with Crippen LogP contribution < -0.4 is 4.74 Å². The zero-order valence-electron chi connectivity index (χ0n) is 9.55. The van der Waals surface area contributed by atoms with Crippen molar-refractivity contribution in [3.63, 3.8) is 0 Å². The molecule has 0 radical (unpaired) electrons. The Kier molecular flexibility index (Phi) is 5.26. The summed E-state index contributed by atoms with van der Waals surface area (Å²) in [6.45, 7) is 0. The van der Waals surface area contributed by atoms with E-state index in [4.69, 9.17) is 5.11 Å². The molecule has 10 heteroatoms. The first-order valence-corrected chi connectivity index (χ1v) is 6.10. The second-order valence-electron chi connectivity index (χ2n) is 3.53. The molecule has 0 aromatic carbocycles. The summed E-state index contributed by atoms with van der Waals surface area (Å²) in [6.07, 6.45) is -9.41. The van der Waals surface area contributed by atoms with Crippen molar-refractivity contribution in [2.45, 2.75) is 24.5 Å². The first-order valence-electron chi connectivity index (χ1n) is 4.98. The number of carbonyl (C=O) groups is 1. The molecule has 0 atom stereocenters. The van der Waals surface area contributed by atoms with Crippen molar-refractivity contribution >= 4 is 21.9 Å². The molecule has 4 nitrogen and oxygen atoms in total. The van der Waals surface area contributed by atoms with E-state index < -0.39 is 42.2 Å². The molecule has 1 heterocycles. The van der Waals surface area contributed by atoms with E-state index in [9.17, 15) is 26.7 Å². The van der Waals surface area contributed by atoms with Gasteiger partial charge in [-0.3, -0.25) is 9.78 Å². The summed E-state index contributed by atoms with van der Waals surface area (Å²) in [5.41, 5.74) is -1.97. The number of hydrogen-bond acceptors (Lipinski definition) is 3. The Bertz CT molecular complexity index is 506. The Morgan fingerprint density at radius 2 is 2.05 bits per heavy atom. The van der Waals surface area contributed by atoms with Gasteiger partial charge in [0.05, 0.1) is 12.1 Å². The number of halogens is 6. The average Bonchev–Trinajstić information content (AvgIpc) is 2.28. The minimum absolute atomic E-state index is 0.0890. The Labute approximate surface area is 117 Å². The van der Waals surface area contributed by atoms with Crippen molar-refractivity contribution in [1.82, 2.24) is 4.98 Å². The summed E-state index contributed by atoms with van der Waals surface area (Å²) < 4.78 is 65.9. The van der Waals surface area contributed by atoms with E-state index in [1.54, 1.807) is 0 Å². The number of nitrogens with zero attached hydrogens (tertiary/aromatic N) is 1. The second kappa shape index (κ2) is 6.33. The van der Waals surface area contributed by atoms with Gasteiger partial charge in [0, 0.05) is 17.0 Å². The Balaban J connectivity index is 3.42. The minimum atomic E-state index is -5.13. The van der Waals surface area contributed by atoms with Crippen LogP contribution in [-0.4, -0.2) is 22.4 Å². The predicted molar refractivity (Wildman–Crippen MR) is 59.8 cm³/mol. The normalized spacial score (nSPS) is 11.8. The fourth-order valence-electron chi connectivity index (χ4n) is 1.41. The topological polar surface area (TPSA) is 59.4 Å². The third-order valence-corrected chi connectivity index (χ3v) is 2.64. The fraction of sp³-hybridized carbons (Fsp3) is 0.400. The van der Waals surface area contributed by atoms with Crippen LogP contribution >= 0.6 is 15.9 Å². The number of pyridine rings is 1. The van der Waals surface area contributed by atoms with Gasteiger partial charge in [-0.1, -0.05) is 15.9 Å². The number of alkyl halides is 6. The van der Waals surface area contributed by atoms with Crippen molar-refractivity contribution in [2.75, 3.05) is 0 Å². The molecule has 0 saturated carbocycles. The molecule has 0 spiro atoms. The molecule has 0 fully saturated rings. The Hall–Kier alpha value is -1.45. The first-order chi connectivity index (χ1) is 9.14. The van der Waals surface area contributed by atoms with Gasteiger partial charge in [-0.15, -0.1) is 13.2 Å². The molecule has 1 N–H and O–H groups in total. The lowest BCUT2D eigenvalue weighted by Gasteiger charge is -2.16. The maximum Gasteiger partial charge on any atom is 0.573 e. The lowest BCUT2D eigenvalue weighted by molar-refractivity contribution is -0.275. The third kappa shape index (κ3) is 4.58.